The molecule has 0 heterocycles. The zero-order valence-corrected chi connectivity index (χ0v) is 8.68. The fraction of sp³-hybridized carbons (Fsp3) is 0. The maximum absolute atomic E-state index is 8.88. The SMILES string of the molecule is C=CN.C=CN.C=CN.O=P(O)(O)O. The van der Waals surface area contributed by atoms with Crippen molar-refractivity contribution in [2.75, 3.05) is 0 Å². The summed E-state index contributed by atoms with van der Waals surface area (Å²) >= 11 is 0. The summed E-state index contributed by atoms with van der Waals surface area (Å²) in [6.45, 7) is 9.42. The molecule has 0 rings (SSSR count). The first kappa shape index (κ1) is 23.0. The molecule has 0 unspecified atom stereocenters. The van der Waals surface area contributed by atoms with Gasteiger partial charge in [-0.1, -0.05) is 19.7 Å². The van der Waals surface area contributed by atoms with Crippen LogP contribution in [0.5, 0.6) is 0 Å². The zero-order valence-electron chi connectivity index (χ0n) is 7.78. The quantitative estimate of drug-likeness (QED) is 0.300. The second-order valence-electron chi connectivity index (χ2n) is 1.22. The molecule has 86 valence electrons. The van der Waals surface area contributed by atoms with Crippen LogP contribution in [0, 0.1) is 0 Å². The largest absolute Gasteiger partial charge is 0.466 e. The molecule has 0 amide bonds. The molecule has 7 nitrogen and oxygen atoms in total. The van der Waals surface area contributed by atoms with E-state index in [1.165, 1.54) is 18.6 Å². The maximum atomic E-state index is 8.88. The van der Waals surface area contributed by atoms with Crippen LogP contribution in [0.3, 0.4) is 0 Å². The van der Waals surface area contributed by atoms with Gasteiger partial charge in [0, 0.05) is 0 Å². The molecule has 0 bridgehead atoms. The van der Waals surface area contributed by atoms with Gasteiger partial charge < -0.3 is 31.9 Å². The molecule has 14 heavy (non-hydrogen) atoms. The molecule has 0 fully saturated rings. The van der Waals surface area contributed by atoms with E-state index in [9.17, 15) is 0 Å². The summed E-state index contributed by atoms with van der Waals surface area (Å²) in [7, 11) is -4.64. The summed E-state index contributed by atoms with van der Waals surface area (Å²) < 4.78 is 8.88. The Balaban J connectivity index is -0.0000000495. The molecular formula is C6H18N3O4P. The van der Waals surface area contributed by atoms with Gasteiger partial charge in [-0.15, -0.1) is 0 Å². The molecule has 0 aromatic rings. The third-order valence-corrected chi connectivity index (χ3v) is 0. The van der Waals surface area contributed by atoms with E-state index < -0.39 is 7.82 Å². The van der Waals surface area contributed by atoms with Crippen LogP contribution in [-0.2, 0) is 4.57 Å². The summed E-state index contributed by atoms with van der Waals surface area (Å²) in [6, 6.07) is 0. The van der Waals surface area contributed by atoms with Gasteiger partial charge in [0.25, 0.3) is 0 Å². The second-order valence-corrected chi connectivity index (χ2v) is 2.25. The Kier molecular flexibility index (Phi) is 37.1. The normalized spacial score (nSPS) is 6.79. The van der Waals surface area contributed by atoms with Crippen LogP contribution in [0.1, 0.15) is 0 Å². The Hall–Kier alpha value is -1.27. The lowest BCUT2D eigenvalue weighted by Gasteiger charge is -1.82. The number of nitrogens with two attached hydrogens (primary N) is 3. The Bertz CT molecular complexity index is 146. The molecule has 0 saturated heterocycles. The van der Waals surface area contributed by atoms with Crippen LogP contribution in [0.2, 0.25) is 0 Å². The Labute approximate surface area is 83.5 Å². The van der Waals surface area contributed by atoms with Gasteiger partial charge in [-0.2, -0.15) is 0 Å². The van der Waals surface area contributed by atoms with E-state index in [1.54, 1.807) is 0 Å². The van der Waals surface area contributed by atoms with Crippen LogP contribution >= 0.6 is 7.82 Å². The van der Waals surface area contributed by atoms with Crippen molar-refractivity contribution >= 4 is 7.82 Å². The molecule has 0 saturated carbocycles. The number of phosphoric acid groups is 1. The number of hydrogen-bond acceptors (Lipinski definition) is 4. The monoisotopic (exact) mass is 227 g/mol. The van der Waals surface area contributed by atoms with Crippen LogP contribution in [0.25, 0.3) is 0 Å². The van der Waals surface area contributed by atoms with Gasteiger partial charge in [0.15, 0.2) is 0 Å². The molecular weight excluding hydrogens is 209 g/mol. The summed E-state index contributed by atoms with van der Waals surface area (Å²) in [6.07, 6.45) is 3.75. The van der Waals surface area contributed by atoms with Crippen LogP contribution in [0.4, 0.5) is 0 Å². The van der Waals surface area contributed by atoms with Gasteiger partial charge >= 0.3 is 7.82 Å². The highest BCUT2D eigenvalue weighted by Gasteiger charge is 2.00. The van der Waals surface area contributed by atoms with E-state index >= 15 is 0 Å². The predicted octanol–water partition coefficient (Wildman–Crippen LogP) is -0.663. The highest BCUT2D eigenvalue weighted by atomic mass is 31.2. The van der Waals surface area contributed by atoms with Crippen molar-refractivity contribution in [1.82, 2.24) is 0 Å². The van der Waals surface area contributed by atoms with E-state index in [-0.39, 0.29) is 0 Å². The smallest absolute Gasteiger partial charge is 0.405 e. The lowest BCUT2D eigenvalue weighted by Crippen LogP contribution is -1.67. The average molecular weight is 227 g/mol. The van der Waals surface area contributed by atoms with Gasteiger partial charge in [-0.05, 0) is 18.6 Å². The highest BCUT2D eigenvalue weighted by molar-refractivity contribution is 7.45. The van der Waals surface area contributed by atoms with Crippen molar-refractivity contribution in [3.63, 3.8) is 0 Å². The van der Waals surface area contributed by atoms with E-state index in [2.05, 4.69) is 36.9 Å². The fourth-order valence-corrected chi connectivity index (χ4v) is 0. The topological polar surface area (TPSA) is 156 Å². The average Bonchev–Trinajstić information content (AvgIpc) is 1.86. The minimum Gasteiger partial charge on any atom is -0.405 e. The highest BCUT2D eigenvalue weighted by Crippen LogP contribution is 2.25. The first-order chi connectivity index (χ1) is 6.24. The first-order valence-electron chi connectivity index (χ1n) is 3.01. The lowest BCUT2D eigenvalue weighted by molar-refractivity contribution is 0.275. The maximum Gasteiger partial charge on any atom is 0.466 e. The molecule has 9 N–H and O–H groups in total. The van der Waals surface area contributed by atoms with Gasteiger partial charge in [-0.3, -0.25) is 0 Å². The summed E-state index contributed by atoms with van der Waals surface area (Å²) in [5.74, 6) is 0. The standard InChI is InChI=1S/3C2H5N.H3O4P/c3*1-2-3;1-5(2,3)4/h3*2H,1,3H2;(H3,1,2,3,4). The van der Waals surface area contributed by atoms with Crippen molar-refractivity contribution in [3.05, 3.63) is 38.3 Å². The molecule has 0 aliphatic carbocycles. The molecule has 0 aliphatic rings. The molecule has 0 aromatic carbocycles. The van der Waals surface area contributed by atoms with E-state index in [4.69, 9.17) is 19.2 Å². The molecule has 8 heteroatoms. The Morgan fingerprint density at radius 1 is 0.857 bits per heavy atom. The van der Waals surface area contributed by atoms with E-state index in [1.807, 2.05) is 0 Å². The third kappa shape index (κ3) is 630. The molecule has 0 radical (unpaired) electrons. The molecule has 0 aromatic heterocycles. The minimum absolute atomic E-state index is 1.25. The summed E-state index contributed by atoms with van der Waals surface area (Å²) in [4.78, 5) is 21.6. The van der Waals surface area contributed by atoms with E-state index in [0.29, 0.717) is 0 Å². The van der Waals surface area contributed by atoms with Gasteiger partial charge in [0.1, 0.15) is 0 Å². The Morgan fingerprint density at radius 3 is 0.857 bits per heavy atom. The summed E-state index contributed by atoms with van der Waals surface area (Å²) in [5, 5.41) is 0. The van der Waals surface area contributed by atoms with Crippen LogP contribution < -0.4 is 17.2 Å². The Morgan fingerprint density at radius 2 is 0.857 bits per heavy atom. The van der Waals surface area contributed by atoms with Gasteiger partial charge in [-0.25, -0.2) is 4.57 Å². The second kappa shape index (κ2) is 22.6. The van der Waals surface area contributed by atoms with Gasteiger partial charge in [0.05, 0.1) is 0 Å². The molecule has 0 spiro atoms. The first-order valence-corrected chi connectivity index (χ1v) is 4.57. The molecule has 0 atom stereocenters. The summed E-state index contributed by atoms with van der Waals surface area (Å²) in [5.41, 5.74) is 13.8. The predicted molar refractivity (Wildman–Crippen MR) is 57.4 cm³/mol. The van der Waals surface area contributed by atoms with Crippen molar-refractivity contribution in [3.8, 4) is 0 Å². The fourth-order valence-electron chi connectivity index (χ4n) is 0. The van der Waals surface area contributed by atoms with Crippen molar-refractivity contribution in [2.24, 2.45) is 17.2 Å². The van der Waals surface area contributed by atoms with Crippen molar-refractivity contribution in [2.45, 2.75) is 0 Å². The lowest BCUT2D eigenvalue weighted by atomic mass is 11.1. The van der Waals surface area contributed by atoms with Gasteiger partial charge in [0.2, 0.25) is 0 Å². The van der Waals surface area contributed by atoms with Crippen molar-refractivity contribution < 1.29 is 19.2 Å². The van der Waals surface area contributed by atoms with Crippen LogP contribution in [0.15, 0.2) is 38.3 Å². The minimum atomic E-state index is -4.64. The number of rotatable bonds is 0. The third-order valence-electron chi connectivity index (χ3n) is 0. The zero-order chi connectivity index (χ0) is 12.6. The van der Waals surface area contributed by atoms with Crippen molar-refractivity contribution in [1.29, 1.82) is 0 Å². The van der Waals surface area contributed by atoms with Crippen LogP contribution in [-0.4, -0.2) is 14.7 Å². The van der Waals surface area contributed by atoms with E-state index in [0.717, 1.165) is 0 Å². The molecule has 0 aliphatic heterocycles. The number of hydrogen-bond donors (Lipinski definition) is 6.